The van der Waals surface area contributed by atoms with E-state index < -0.39 is 0 Å². The molecule has 5 heteroatoms. The number of aryl methyl sites for hydroxylation is 1. The molecule has 2 heterocycles. The summed E-state index contributed by atoms with van der Waals surface area (Å²) in [6.07, 6.45) is 0. The van der Waals surface area contributed by atoms with Crippen LogP contribution in [-0.4, -0.2) is 22.8 Å². The third-order valence-corrected chi connectivity index (χ3v) is 3.02. The summed E-state index contributed by atoms with van der Waals surface area (Å²) in [6.45, 7) is 2.72. The molecule has 0 fully saturated rings. The fraction of sp³-hybridized carbons (Fsp3) is 0.273. The van der Waals surface area contributed by atoms with Gasteiger partial charge in [0.2, 0.25) is 5.90 Å². The van der Waals surface area contributed by atoms with E-state index in [9.17, 15) is 0 Å². The Morgan fingerprint density at radius 1 is 1.62 bits per heavy atom. The van der Waals surface area contributed by atoms with Gasteiger partial charge in [-0.05, 0) is 24.4 Å². The zero-order valence-electron chi connectivity index (χ0n) is 9.23. The van der Waals surface area contributed by atoms with E-state index in [0.717, 1.165) is 17.8 Å². The predicted octanol–water partition coefficient (Wildman–Crippen LogP) is 2.60. The maximum absolute atomic E-state index is 7.68. The summed E-state index contributed by atoms with van der Waals surface area (Å²) in [5, 5.41) is 16.2. The molecule has 0 aliphatic carbocycles. The first-order valence-corrected chi connectivity index (χ1v) is 5.94. The van der Waals surface area contributed by atoms with Crippen molar-refractivity contribution in [2.45, 2.75) is 13.5 Å². The molecule has 0 saturated heterocycles. The van der Waals surface area contributed by atoms with E-state index in [0.29, 0.717) is 5.69 Å². The van der Waals surface area contributed by atoms with Gasteiger partial charge in [-0.3, -0.25) is 10.1 Å². The molecule has 2 aromatic heterocycles. The zero-order chi connectivity index (χ0) is 11.5. The molecular weight excluding hydrogens is 222 g/mol. The lowest BCUT2D eigenvalue weighted by Crippen LogP contribution is -2.10. The normalized spacial score (nSPS) is 10.4. The molecule has 16 heavy (non-hydrogen) atoms. The van der Waals surface area contributed by atoms with E-state index in [1.54, 1.807) is 16.0 Å². The highest BCUT2D eigenvalue weighted by molar-refractivity contribution is 7.08. The zero-order valence-corrected chi connectivity index (χ0v) is 10.0. The van der Waals surface area contributed by atoms with Gasteiger partial charge in [-0.25, -0.2) is 0 Å². The fourth-order valence-corrected chi connectivity index (χ4v) is 2.15. The third-order valence-electron chi connectivity index (χ3n) is 2.33. The second-order valence-corrected chi connectivity index (χ2v) is 4.06. The minimum atomic E-state index is 0.149. The maximum atomic E-state index is 7.68. The summed E-state index contributed by atoms with van der Waals surface area (Å²) in [7, 11) is 1.50. The Morgan fingerprint density at radius 3 is 3.00 bits per heavy atom. The average Bonchev–Trinajstić information content (AvgIpc) is 2.95. The van der Waals surface area contributed by atoms with Gasteiger partial charge < -0.3 is 4.74 Å². The molecule has 4 nitrogen and oxygen atoms in total. The topological polar surface area (TPSA) is 50.9 Å². The second-order valence-electron chi connectivity index (χ2n) is 3.28. The monoisotopic (exact) mass is 235 g/mol. The molecule has 0 unspecified atom stereocenters. The second kappa shape index (κ2) is 4.49. The summed E-state index contributed by atoms with van der Waals surface area (Å²) in [5.41, 5.74) is 2.69. The van der Waals surface area contributed by atoms with Gasteiger partial charge in [-0.2, -0.15) is 16.4 Å². The van der Waals surface area contributed by atoms with Crippen LogP contribution in [0.3, 0.4) is 0 Å². The molecule has 0 aromatic carbocycles. The molecule has 2 rings (SSSR count). The van der Waals surface area contributed by atoms with Crippen molar-refractivity contribution >= 4 is 17.2 Å². The number of ether oxygens (including phenoxy) is 1. The van der Waals surface area contributed by atoms with Crippen LogP contribution in [0, 0.1) is 5.41 Å². The number of rotatable bonds is 3. The van der Waals surface area contributed by atoms with Crippen molar-refractivity contribution in [3.8, 4) is 11.3 Å². The van der Waals surface area contributed by atoms with Crippen LogP contribution in [0.5, 0.6) is 0 Å². The van der Waals surface area contributed by atoms with Crippen LogP contribution in [-0.2, 0) is 11.3 Å². The van der Waals surface area contributed by atoms with Gasteiger partial charge >= 0.3 is 0 Å². The van der Waals surface area contributed by atoms with E-state index in [1.807, 2.05) is 29.8 Å². The van der Waals surface area contributed by atoms with Crippen molar-refractivity contribution in [1.29, 1.82) is 5.41 Å². The van der Waals surface area contributed by atoms with Crippen molar-refractivity contribution in [3.63, 3.8) is 0 Å². The number of thiophene rings is 1. The van der Waals surface area contributed by atoms with E-state index in [-0.39, 0.29) is 5.90 Å². The van der Waals surface area contributed by atoms with E-state index in [2.05, 4.69) is 5.10 Å². The molecule has 84 valence electrons. The lowest BCUT2D eigenvalue weighted by Gasteiger charge is -2.03. The predicted molar refractivity (Wildman–Crippen MR) is 65.1 cm³/mol. The fourth-order valence-electron chi connectivity index (χ4n) is 1.50. The molecule has 0 radical (unpaired) electrons. The van der Waals surface area contributed by atoms with Crippen molar-refractivity contribution in [1.82, 2.24) is 9.78 Å². The highest BCUT2D eigenvalue weighted by Gasteiger charge is 2.12. The van der Waals surface area contributed by atoms with Gasteiger partial charge in [0.25, 0.3) is 0 Å². The van der Waals surface area contributed by atoms with E-state index in [1.165, 1.54) is 7.11 Å². The minimum Gasteiger partial charge on any atom is -0.480 e. The van der Waals surface area contributed by atoms with Crippen LogP contribution in [0.25, 0.3) is 11.3 Å². The third kappa shape index (κ3) is 1.86. The van der Waals surface area contributed by atoms with Crippen LogP contribution in [0.4, 0.5) is 0 Å². The summed E-state index contributed by atoms with van der Waals surface area (Å²) in [6, 6.07) is 3.91. The van der Waals surface area contributed by atoms with Crippen LogP contribution >= 0.6 is 11.3 Å². The first kappa shape index (κ1) is 10.9. The molecule has 0 amide bonds. The molecule has 0 aliphatic heterocycles. The molecular formula is C11H13N3OS. The summed E-state index contributed by atoms with van der Waals surface area (Å²) < 4.78 is 6.71. The van der Waals surface area contributed by atoms with E-state index >= 15 is 0 Å². The van der Waals surface area contributed by atoms with Crippen LogP contribution in [0.2, 0.25) is 0 Å². The molecule has 2 aromatic rings. The molecule has 0 bridgehead atoms. The number of nitrogens with zero attached hydrogens (tertiary/aromatic N) is 2. The quantitative estimate of drug-likeness (QED) is 0.656. The Balaban J connectivity index is 2.44. The highest BCUT2D eigenvalue weighted by Crippen LogP contribution is 2.22. The number of hydrogen-bond acceptors (Lipinski definition) is 4. The van der Waals surface area contributed by atoms with Crippen molar-refractivity contribution in [2.24, 2.45) is 0 Å². The van der Waals surface area contributed by atoms with Crippen molar-refractivity contribution in [2.75, 3.05) is 7.11 Å². The Morgan fingerprint density at radius 2 is 2.44 bits per heavy atom. The number of aromatic nitrogens is 2. The Bertz CT molecular complexity index is 487. The lowest BCUT2D eigenvalue weighted by atomic mass is 10.2. The number of hydrogen-bond donors (Lipinski definition) is 1. The van der Waals surface area contributed by atoms with Crippen LogP contribution in [0.15, 0.2) is 22.9 Å². The first-order valence-electron chi connectivity index (χ1n) is 4.99. The van der Waals surface area contributed by atoms with Crippen LogP contribution < -0.4 is 0 Å². The van der Waals surface area contributed by atoms with Crippen LogP contribution in [0.1, 0.15) is 12.6 Å². The van der Waals surface area contributed by atoms with E-state index in [4.69, 9.17) is 10.1 Å². The largest absolute Gasteiger partial charge is 0.480 e. The maximum Gasteiger partial charge on any atom is 0.231 e. The van der Waals surface area contributed by atoms with Crippen molar-refractivity contribution in [3.05, 3.63) is 28.6 Å². The molecule has 1 N–H and O–H groups in total. The van der Waals surface area contributed by atoms with Gasteiger partial charge in [0, 0.05) is 17.5 Å². The minimum absolute atomic E-state index is 0.149. The van der Waals surface area contributed by atoms with Gasteiger partial charge in [-0.1, -0.05) is 0 Å². The smallest absolute Gasteiger partial charge is 0.231 e. The number of nitrogens with one attached hydrogen (secondary N) is 1. The van der Waals surface area contributed by atoms with Gasteiger partial charge in [0.05, 0.1) is 12.8 Å². The van der Waals surface area contributed by atoms with Gasteiger partial charge in [0.15, 0.2) is 0 Å². The molecule has 0 spiro atoms. The summed E-state index contributed by atoms with van der Waals surface area (Å²) in [5.74, 6) is 0.149. The average molecular weight is 235 g/mol. The SMILES string of the molecule is CCn1nc(-c2ccsc2)cc1C(=N)OC. The lowest BCUT2D eigenvalue weighted by molar-refractivity contribution is 0.395. The first-order chi connectivity index (χ1) is 7.76. The molecule has 0 atom stereocenters. The van der Waals surface area contributed by atoms with Crippen molar-refractivity contribution < 1.29 is 4.74 Å². The standard InChI is InChI=1S/C11H13N3OS/c1-3-14-10(11(12)15-2)6-9(13-14)8-4-5-16-7-8/h4-7,12H,3H2,1-2H3. The Labute approximate surface area is 98.0 Å². The van der Waals surface area contributed by atoms with Gasteiger partial charge in [-0.15, -0.1) is 0 Å². The molecule has 0 saturated carbocycles. The number of methoxy groups -OCH3 is 1. The summed E-state index contributed by atoms with van der Waals surface area (Å²) in [4.78, 5) is 0. The summed E-state index contributed by atoms with van der Waals surface area (Å²) >= 11 is 1.64. The highest BCUT2D eigenvalue weighted by atomic mass is 32.1. The Kier molecular flexibility index (Phi) is 3.05. The Hall–Kier alpha value is -1.62. The van der Waals surface area contributed by atoms with Gasteiger partial charge in [0.1, 0.15) is 5.69 Å². The molecule has 0 aliphatic rings.